The third-order valence-corrected chi connectivity index (χ3v) is 4.93. The first-order valence-electron chi connectivity index (χ1n) is 7.14. The number of carboxylic acid groups (broad SMARTS) is 1. The maximum Gasteiger partial charge on any atom is 0.365 e. The van der Waals surface area contributed by atoms with E-state index in [4.69, 9.17) is 25.4 Å². The molecular weight excluding hydrogens is 341 g/mol. The minimum atomic E-state index is -4.89. The predicted octanol–water partition coefficient (Wildman–Crippen LogP) is 0.107. The van der Waals surface area contributed by atoms with Crippen LogP contribution in [0.3, 0.4) is 0 Å². The fourth-order valence-corrected chi connectivity index (χ4v) is 3.51. The summed E-state index contributed by atoms with van der Waals surface area (Å²) in [6.07, 6.45) is 3.80. The Labute approximate surface area is 135 Å². The van der Waals surface area contributed by atoms with Gasteiger partial charge in [0.25, 0.3) is 5.85 Å². The summed E-state index contributed by atoms with van der Waals surface area (Å²) in [6.45, 7) is 0. The Morgan fingerprint density at radius 3 is 2.79 bits per heavy atom. The molecule has 0 aliphatic heterocycles. The van der Waals surface area contributed by atoms with Crippen LogP contribution in [-0.4, -0.2) is 52.3 Å². The SMILES string of the molecule is Nc1ncnc2c1ncn2[C@@H]1CC[C@H](OC(C(=O)O)P(=O)(O)O)C1. The number of nitrogens with zero attached hydrogens (tertiary/aromatic N) is 4. The molecule has 130 valence electrons. The topological polar surface area (TPSA) is 174 Å². The second-order valence-electron chi connectivity index (χ2n) is 5.59. The number of anilines is 1. The van der Waals surface area contributed by atoms with Gasteiger partial charge in [0.1, 0.15) is 11.8 Å². The lowest BCUT2D eigenvalue weighted by atomic mass is 10.2. The van der Waals surface area contributed by atoms with Crippen LogP contribution in [0.25, 0.3) is 11.2 Å². The fourth-order valence-electron chi connectivity index (χ4n) is 2.89. The van der Waals surface area contributed by atoms with Gasteiger partial charge in [0.15, 0.2) is 11.5 Å². The molecule has 0 bridgehead atoms. The number of rotatable bonds is 5. The minimum Gasteiger partial charge on any atom is -0.479 e. The Hall–Kier alpha value is -2.07. The number of fused-ring (bicyclic) bond motifs is 1. The van der Waals surface area contributed by atoms with Gasteiger partial charge in [0.05, 0.1) is 12.4 Å². The number of ether oxygens (including phenoxy) is 1. The molecule has 0 aromatic carbocycles. The summed E-state index contributed by atoms with van der Waals surface area (Å²) < 4.78 is 18.2. The molecule has 12 heteroatoms. The maximum absolute atomic E-state index is 11.2. The van der Waals surface area contributed by atoms with Gasteiger partial charge >= 0.3 is 13.6 Å². The van der Waals surface area contributed by atoms with Crippen molar-refractivity contribution in [2.75, 3.05) is 5.73 Å². The van der Waals surface area contributed by atoms with Gasteiger partial charge < -0.3 is 29.9 Å². The largest absolute Gasteiger partial charge is 0.479 e. The number of nitrogens with two attached hydrogens (primary N) is 1. The summed E-state index contributed by atoms with van der Waals surface area (Å²) in [6, 6.07) is -0.0829. The fraction of sp³-hybridized carbons (Fsp3) is 0.500. The van der Waals surface area contributed by atoms with Crippen molar-refractivity contribution in [3.63, 3.8) is 0 Å². The Morgan fingerprint density at radius 1 is 1.38 bits per heavy atom. The molecule has 1 aliphatic carbocycles. The molecule has 11 nitrogen and oxygen atoms in total. The van der Waals surface area contributed by atoms with Crippen molar-refractivity contribution < 1.29 is 29.0 Å². The molecule has 2 aromatic heterocycles. The van der Waals surface area contributed by atoms with Gasteiger partial charge in [-0.15, -0.1) is 0 Å². The summed E-state index contributed by atoms with van der Waals surface area (Å²) >= 11 is 0. The molecule has 0 saturated heterocycles. The normalized spacial score (nSPS) is 22.8. The number of aromatic nitrogens is 4. The zero-order chi connectivity index (χ0) is 17.5. The van der Waals surface area contributed by atoms with E-state index in [1.165, 1.54) is 6.33 Å². The zero-order valence-corrected chi connectivity index (χ0v) is 13.3. The van der Waals surface area contributed by atoms with Crippen LogP contribution < -0.4 is 5.73 Å². The first-order valence-corrected chi connectivity index (χ1v) is 8.82. The molecule has 0 radical (unpaired) electrons. The highest BCUT2D eigenvalue weighted by molar-refractivity contribution is 7.53. The molecule has 2 aromatic rings. The van der Waals surface area contributed by atoms with Gasteiger partial charge in [0, 0.05) is 6.04 Å². The summed E-state index contributed by atoms with van der Waals surface area (Å²) in [5, 5.41) is 8.93. The number of carboxylic acids is 1. The second kappa shape index (κ2) is 6.10. The molecule has 0 spiro atoms. The van der Waals surface area contributed by atoms with Crippen LogP contribution in [0.2, 0.25) is 0 Å². The van der Waals surface area contributed by atoms with Gasteiger partial charge in [-0.05, 0) is 19.3 Å². The average Bonchev–Trinajstić information content (AvgIpc) is 3.09. The van der Waals surface area contributed by atoms with Crippen molar-refractivity contribution in [1.82, 2.24) is 19.5 Å². The second-order valence-corrected chi connectivity index (χ2v) is 7.23. The molecule has 1 fully saturated rings. The summed E-state index contributed by atoms with van der Waals surface area (Å²) in [4.78, 5) is 41.4. The monoisotopic (exact) mass is 357 g/mol. The molecule has 24 heavy (non-hydrogen) atoms. The lowest BCUT2D eigenvalue weighted by Crippen LogP contribution is -2.28. The summed E-state index contributed by atoms with van der Waals surface area (Å²) in [5.74, 6) is -3.57. The molecule has 3 atom stereocenters. The van der Waals surface area contributed by atoms with Crippen molar-refractivity contribution in [2.24, 2.45) is 0 Å². The van der Waals surface area contributed by atoms with E-state index in [2.05, 4.69) is 15.0 Å². The van der Waals surface area contributed by atoms with Crippen molar-refractivity contribution in [3.05, 3.63) is 12.7 Å². The molecule has 1 aliphatic rings. The number of imidazole rings is 1. The van der Waals surface area contributed by atoms with Crippen molar-refractivity contribution in [2.45, 2.75) is 37.3 Å². The van der Waals surface area contributed by atoms with Crippen LogP contribution in [-0.2, 0) is 14.1 Å². The van der Waals surface area contributed by atoms with Gasteiger partial charge in [-0.2, -0.15) is 0 Å². The number of hydrogen-bond donors (Lipinski definition) is 4. The first kappa shape index (κ1) is 16.8. The molecule has 0 amide bonds. The Kier molecular flexibility index (Phi) is 4.26. The third kappa shape index (κ3) is 3.11. The highest BCUT2D eigenvalue weighted by Gasteiger charge is 2.41. The molecule has 5 N–H and O–H groups in total. The molecule has 1 saturated carbocycles. The minimum absolute atomic E-state index is 0.0829. The highest BCUT2D eigenvalue weighted by Crippen LogP contribution is 2.45. The quantitative estimate of drug-likeness (QED) is 0.537. The van der Waals surface area contributed by atoms with Crippen molar-refractivity contribution in [1.29, 1.82) is 0 Å². The number of hydrogen-bond acceptors (Lipinski definition) is 7. The smallest absolute Gasteiger partial charge is 0.365 e. The van der Waals surface area contributed by atoms with E-state index in [0.717, 1.165) is 0 Å². The number of nitrogen functional groups attached to an aromatic ring is 1. The molecular formula is C12H16N5O6P. The van der Waals surface area contributed by atoms with Crippen LogP contribution in [0, 0.1) is 0 Å². The highest BCUT2D eigenvalue weighted by atomic mass is 31.2. The van der Waals surface area contributed by atoms with Gasteiger partial charge in [0.2, 0.25) is 0 Å². The Bertz CT molecular complexity index is 819. The van der Waals surface area contributed by atoms with Crippen LogP contribution in [0.15, 0.2) is 12.7 Å². The van der Waals surface area contributed by atoms with E-state index < -0.39 is 25.5 Å². The van der Waals surface area contributed by atoms with E-state index in [0.29, 0.717) is 30.4 Å². The lowest BCUT2D eigenvalue weighted by Gasteiger charge is -2.20. The number of carbonyl (C=O) groups is 1. The van der Waals surface area contributed by atoms with Gasteiger partial charge in [-0.25, -0.2) is 19.7 Å². The Morgan fingerprint density at radius 2 is 2.12 bits per heavy atom. The van der Waals surface area contributed by atoms with Crippen LogP contribution in [0.1, 0.15) is 25.3 Å². The molecule has 1 unspecified atom stereocenters. The van der Waals surface area contributed by atoms with Crippen LogP contribution in [0.5, 0.6) is 0 Å². The third-order valence-electron chi connectivity index (χ3n) is 3.98. The van der Waals surface area contributed by atoms with E-state index >= 15 is 0 Å². The number of aliphatic carboxylic acids is 1. The Balaban J connectivity index is 1.76. The van der Waals surface area contributed by atoms with E-state index in [9.17, 15) is 9.36 Å². The van der Waals surface area contributed by atoms with Gasteiger partial charge in [-0.1, -0.05) is 0 Å². The van der Waals surface area contributed by atoms with E-state index in [1.807, 2.05) is 0 Å². The van der Waals surface area contributed by atoms with E-state index in [1.54, 1.807) is 10.9 Å². The summed E-state index contributed by atoms with van der Waals surface area (Å²) in [7, 11) is -4.89. The van der Waals surface area contributed by atoms with Crippen LogP contribution >= 0.6 is 7.60 Å². The van der Waals surface area contributed by atoms with Gasteiger partial charge in [-0.3, -0.25) is 4.57 Å². The van der Waals surface area contributed by atoms with Crippen molar-refractivity contribution in [3.8, 4) is 0 Å². The molecule has 2 heterocycles. The average molecular weight is 357 g/mol. The first-order chi connectivity index (χ1) is 11.3. The predicted molar refractivity (Wildman–Crippen MR) is 81.0 cm³/mol. The maximum atomic E-state index is 11.2. The van der Waals surface area contributed by atoms with Crippen LogP contribution in [0.4, 0.5) is 5.82 Å². The standard InChI is InChI=1S/C12H16N5O6P/c13-9-8-10(15-4-14-9)17(5-16-8)6-1-2-7(3-6)23-12(11(18)19)24(20,21)22/h4-7,12H,1-3H2,(H,18,19)(H2,13,14,15)(H2,20,21,22)/t6-,7+,12?/m1/s1. The van der Waals surface area contributed by atoms with E-state index in [-0.39, 0.29) is 11.9 Å². The summed E-state index contributed by atoms with van der Waals surface area (Å²) in [5.41, 5.74) is 6.77. The zero-order valence-electron chi connectivity index (χ0n) is 12.4. The molecule has 3 rings (SSSR count). The lowest BCUT2D eigenvalue weighted by molar-refractivity contribution is -0.148. The van der Waals surface area contributed by atoms with Crippen molar-refractivity contribution >= 4 is 30.5 Å².